The fourth-order valence-corrected chi connectivity index (χ4v) is 4.05. The van der Waals surface area contributed by atoms with E-state index in [4.69, 9.17) is 4.74 Å². The van der Waals surface area contributed by atoms with Crippen LogP contribution >= 0.6 is 0 Å². The average Bonchev–Trinajstić information content (AvgIpc) is 3.23. The highest BCUT2D eigenvalue weighted by molar-refractivity contribution is 5.82. The summed E-state index contributed by atoms with van der Waals surface area (Å²) in [7, 11) is 1.71. The molecule has 0 spiro atoms. The molecule has 0 aromatic heterocycles. The molecule has 0 radical (unpaired) electrons. The molecule has 1 amide bonds. The van der Waals surface area contributed by atoms with Crippen LogP contribution in [0.3, 0.4) is 0 Å². The predicted octanol–water partition coefficient (Wildman–Crippen LogP) is 2.28. The smallest absolute Gasteiger partial charge is 0.237 e. The fourth-order valence-electron chi connectivity index (χ4n) is 4.05. The average molecular weight is 316 g/mol. The lowest BCUT2D eigenvalue weighted by Crippen LogP contribution is -2.45. The number of hydrogen-bond acceptors (Lipinski definition) is 3. The van der Waals surface area contributed by atoms with Crippen molar-refractivity contribution in [3.05, 3.63) is 35.9 Å². The van der Waals surface area contributed by atoms with Crippen molar-refractivity contribution in [1.82, 2.24) is 10.6 Å². The molecule has 1 aromatic rings. The van der Waals surface area contributed by atoms with Gasteiger partial charge in [0.1, 0.15) is 0 Å². The van der Waals surface area contributed by atoms with Crippen LogP contribution in [0.15, 0.2) is 30.3 Å². The number of hydrogen-bond donors (Lipinski definition) is 2. The van der Waals surface area contributed by atoms with Gasteiger partial charge < -0.3 is 15.4 Å². The highest BCUT2D eigenvalue weighted by Crippen LogP contribution is 2.40. The van der Waals surface area contributed by atoms with Gasteiger partial charge >= 0.3 is 0 Å². The first-order valence-corrected chi connectivity index (χ1v) is 8.79. The van der Waals surface area contributed by atoms with Crippen molar-refractivity contribution >= 4 is 5.91 Å². The third-order valence-corrected chi connectivity index (χ3v) is 5.46. The molecule has 2 N–H and O–H groups in total. The van der Waals surface area contributed by atoms with Crippen LogP contribution in [-0.2, 0) is 16.0 Å². The zero-order valence-electron chi connectivity index (χ0n) is 14.0. The quantitative estimate of drug-likeness (QED) is 0.846. The summed E-state index contributed by atoms with van der Waals surface area (Å²) >= 11 is 0. The van der Waals surface area contributed by atoms with E-state index in [2.05, 4.69) is 41.0 Å². The van der Waals surface area contributed by atoms with Crippen molar-refractivity contribution in [3.8, 4) is 0 Å². The maximum absolute atomic E-state index is 12.4. The standard InChI is InChI=1S/C19H28N2O2/c1-23-16-11-17(20-13-16)18(22)21-14-19(9-5-6-10-19)12-15-7-3-2-4-8-15/h2-4,7-8,16-17,20H,5-6,9-14H2,1H3,(H,21,22)/t16-,17+/m0/s1. The summed E-state index contributed by atoms with van der Waals surface area (Å²) < 4.78 is 5.33. The molecular weight excluding hydrogens is 288 g/mol. The SMILES string of the molecule is CO[C@@H]1CN[C@@H](C(=O)NCC2(Cc3ccccc3)CCCC2)C1. The number of nitrogens with one attached hydrogen (secondary N) is 2. The molecule has 2 fully saturated rings. The third-order valence-electron chi connectivity index (χ3n) is 5.46. The van der Waals surface area contributed by atoms with E-state index in [0.29, 0.717) is 0 Å². The molecule has 4 nitrogen and oxygen atoms in total. The van der Waals surface area contributed by atoms with Gasteiger partial charge in [-0.3, -0.25) is 4.79 Å². The monoisotopic (exact) mass is 316 g/mol. The number of carbonyl (C=O) groups is 1. The van der Waals surface area contributed by atoms with Crippen LogP contribution < -0.4 is 10.6 Å². The van der Waals surface area contributed by atoms with E-state index < -0.39 is 0 Å². The van der Waals surface area contributed by atoms with Gasteiger partial charge in [0, 0.05) is 20.2 Å². The van der Waals surface area contributed by atoms with Gasteiger partial charge in [0.15, 0.2) is 0 Å². The van der Waals surface area contributed by atoms with Crippen molar-refractivity contribution in [2.45, 2.75) is 50.7 Å². The minimum atomic E-state index is -0.102. The number of methoxy groups -OCH3 is 1. The zero-order valence-corrected chi connectivity index (χ0v) is 14.0. The maximum Gasteiger partial charge on any atom is 0.237 e. The number of amides is 1. The van der Waals surface area contributed by atoms with Crippen LogP contribution in [0.5, 0.6) is 0 Å². The van der Waals surface area contributed by atoms with Gasteiger partial charge in [-0.25, -0.2) is 0 Å². The lowest BCUT2D eigenvalue weighted by atomic mass is 9.80. The van der Waals surface area contributed by atoms with E-state index in [-0.39, 0.29) is 23.5 Å². The number of rotatable bonds is 6. The Hall–Kier alpha value is -1.39. The Morgan fingerprint density at radius 1 is 1.30 bits per heavy atom. The second-order valence-electron chi connectivity index (χ2n) is 7.14. The summed E-state index contributed by atoms with van der Waals surface area (Å²) in [6.45, 7) is 1.56. The Balaban J connectivity index is 1.56. The Morgan fingerprint density at radius 2 is 2.04 bits per heavy atom. The van der Waals surface area contributed by atoms with Crippen molar-refractivity contribution in [1.29, 1.82) is 0 Å². The lowest BCUT2D eigenvalue weighted by Gasteiger charge is -2.30. The van der Waals surface area contributed by atoms with Gasteiger partial charge in [-0.2, -0.15) is 0 Å². The van der Waals surface area contributed by atoms with E-state index in [1.54, 1.807) is 7.11 Å². The second-order valence-corrected chi connectivity index (χ2v) is 7.14. The van der Waals surface area contributed by atoms with Crippen molar-refractivity contribution < 1.29 is 9.53 Å². The first kappa shape index (κ1) is 16.5. The zero-order chi connectivity index (χ0) is 16.1. The molecule has 4 heteroatoms. The molecule has 3 rings (SSSR count). The molecule has 126 valence electrons. The fraction of sp³-hybridized carbons (Fsp3) is 0.632. The molecule has 1 aliphatic heterocycles. The molecule has 1 aliphatic carbocycles. The Morgan fingerprint density at radius 3 is 2.70 bits per heavy atom. The molecule has 23 heavy (non-hydrogen) atoms. The van der Waals surface area contributed by atoms with Gasteiger partial charge in [0.2, 0.25) is 5.91 Å². The molecule has 0 bridgehead atoms. The lowest BCUT2D eigenvalue weighted by molar-refractivity contribution is -0.123. The van der Waals surface area contributed by atoms with Crippen LogP contribution in [-0.4, -0.2) is 38.3 Å². The normalized spacial score (nSPS) is 26.3. The summed E-state index contributed by atoms with van der Waals surface area (Å²) in [5, 5.41) is 6.47. The van der Waals surface area contributed by atoms with E-state index >= 15 is 0 Å². The first-order valence-electron chi connectivity index (χ1n) is 8.79. The van der Waals surface area contributed by atoms with Crippen LogP contribution in [0.2, 0.25) is 0 Å². The van der Waals surface area contributed by atoms with E-state index in [1.165, 1.54) is 31.2 Å². The van der Waals surface area contributed by atoms with Gasteiger partial charge in [-0.05, 0) is 36.7 Å². The van der Waals surface area contributed by atoms with E-state index in [9.17, 15) is 4.79 Å². The summed E-state index contributed by atoms with van der Waals surface area (Å²) in [6.07, 6.45) is 6.96. The largest absolute Gasteiger partial charge is 0.380 e. The molecule has 1 heterocycles. The highest BCUT2D eigenvalue weighted by atomic mass is 16.5. The van der Waals surface area contributed by atoms with Crippen molar-refractivity contribution in [2.75, 3.05) is 20.2 Å². The van der Waals surface area contributed by atoms with Crippen LogP contribution in [0, 0.1) is 5.41 Å². The molecule has 2 aliphatic rings. The Kier molecular flexibility index (Phi) is 5.34. The van der Waals surface area contributed by atoms with E-state index in [1.807, 2.05) is 0 Å². The molecule has 1 saturated heterocycles. The summed E-state index contributed by atoms with van der Waals surface area (Å²) in [5.41, 5.74) is 1.61. The summed E-state index contributed by atoms with van der Waals surface area (Å²) in [6, 6.07) is 10.6. The van der Waals surface area contributed by atoms with Crippen LogP contribution in [0.1, 0.15) is 37.7 Å². The molecule has 2 atom stereocenters. The van der Waals surface area contributed by atoms with Gasteiger partial charge in [-0.1, -0.05) is 43.2 Å². The van der Waals surface area contributed by atoms with Gasteiger partial charge in [0.25, 0.3) is 0 Å². The second kappa shape index (κ2) is 7.45. The van der Waals surface area contributed by atoms with Crippen LogP contribution in [0.4, 0.5) is 0 Å². The van der Waals surface area contributed by atoms with Crippen molar-refractivity contribution in [2.24, 2.45) is 5.41 Å². The van der Waals surface area contributed by atoms with Crippen LogP contribution in [0.25, 0.3) is 0 Å². The Bertz CT molecular complexity index is 511. The predicted molar refractivity (Wildman–Crippen MR) is 91.3 cm³/mol. The Labute approximate surface area is 139 Å². The highest BCUT2D eigenvalue weighted by Gasteiger charge is 2.36. The first-order chi connectivity index (χ1) is 11.2. The number of benzene rings is 1. The number of ether oxygens (including phenoxy) is 1. The van der Waals surface area contributed by atoms with Crippen molar-refractivity contribution in [3.63, 3.8) is 0 Å². The third kappa shape index (κ3) is 4.12. The summed E-state index contributed by atoms with van der Waals surface area (Å²) in [5.74, 6) is 0.129. The summed E-state index contributed by atoms with van der Waals surface area (Å²) in [4.78, 5) is 12.4. The molecular formula is C19H28N2O2. The van der Waals surface area contributed by atoms with Gasteiger partial charge in [-0.15, -0.1) is 0 Å². The minimum Gasteiger partial charge on any atom is -0.380 e. The maximum atomic E-state index is 12.4. The minimum absolute atomic E-state index is 0.102. The molecule has 1 aromatic carbocycles. The molecule has 1 saturated carbocycles. The number of carbonyl (C=O) groups excluding carboxylic acids is 1. The topological polar surface area (TPSA) is 50.4 Å². The van der Waals surface area contributed by atoms with E-state index in [0.717, 1.165) is 25.9 Å². The van der Waals surface area contributed by atoms with Gasteiger partial charge in [0.05, 0.1) is 12.1 Å². The molecule has 0 unspecified atom stereocenters.